The van der Waals surface area contributed by atoms with Gasteiger partial charge in [-0.05, 0) is 50.5 Å². The lowest BCUT2D eigenvalue weighted by Gasteiger charge is -2.19. The zero-order valence-electron chi connectivity index (χ0n) is 9.73. The first-order valence-corrected chi connectivity index (χ1v) is 4.95. The molecule has 1 aromatic carbocycles. The highest BCUT2D eigenvalue weighted by atomic mass is 19.1. The lowest BCUT2D eigenvalue weighted by atomic mass is 9.95. The van der Waals surface area contributed by atoms with Crippen LogP contribution in [0.3, 0.4) is 0 Å². The Morgan fingerprint density at radius 2 is 2.00 bits per heavy atom. The number of benzene rings is 1. The second-order valence-corrected chi connectivity index (χ2v) is 4.58. The van der Waals surface area contributed by atoms with Gasteiger partial charge in [0.05, 0.1) is 7.11 Å². The Kier molecular flexibility index (Phi) is 3.35. The van der Waals surface area contributed by atoms with Crippen molar-refractivity contribution in [2.45, 2.75) is 32.7 Å². The van der Waals surface area contributed by atoms with E-state index in [1.807, 2.05) is 20.8 Å². The molecule has 0 aromatic heterocycles. The predicted molar refractivity (Wildman–Crippen MR) is 59.7 cm³/mol. The van der Waals surface area contributed by atoms with E-state index in [9.17, 15) is 4.39 Å². The first-order chi connectivity index (χ1) is 6.83. The van der Waals surface area contributed by atoms with Crippen molar-refractivity contribution in [1.82, 2.24) is 0 Å². The zero-order chi connectivity index (χ0) is 11.6. The maximum atomic E-state index is 13.6. The lowest BCUT2D eigenvalue weighted by molar-refractivity contribution is 0.408. The van der Waals surface area contributed by atoms with E-state index in [0.717, 1.165) is 5.56 Å². The summed E-state index contributed by atoms with van der Waals surface area (Å²) < 4.78 is 18.7. The maximum absolute atomic E-state index is 13.6. The quantitative estimate of drug-likeness (QED) is 0.833. The molecule has 0 radical (unpaired) electrons. The van der Waals surface area contributed by atoms with Gasteiger partial charge in [-0.2, -0.15) is 0 Å². The van der Waals surface area contributed by atoms with Crippen LogP contribution in [0.15, 0.2) is 12.1 Å². The summed E-state index contributed by atoms with van der Waals surface area (Å²) in [5, 5.41) is 0. The molecule has 0 aliphatic carbocycles. The van der Waals surface area contributed by atoms with Gasteiger partial charge < -0.3 is 10.5 Å². The van der Waals surface area contributed by atoms with Crippen molar-refractivity contribution in [3.05, 3.63) is 29.1 Å². The highest BCUT2D eigenvalue weighted by Crippen LogP contribution is 2.24. The number of rotatable bonds is 3. The standard InChI is InChI=1S/C12H18FNO/c1-8-5-10(13)9(6-11(8)15-4)7-12(2,3)14/h5-6H,7,14H2,1-4H3. The number of halogens is 1. The summed E-state index contributed by atoms with van der Waals surface area (Å²) in [7, 11) is 1.58. The second-order valence-electron chi connectivity index (χ2n) is 4.58. The molecular weight excluding hydrogens is 193 g/mol. The van der Waals surface area contributed by atoms with Crippen LogP contribution >= 0.6 is 0 Å². The van der Waals surface area contributed by atoms with Gasteiger partial charge in [-0.15, -0.1) is 0 Å². The minimum absolute atomic E-state index is 0.216. The summed E-state index contributed by atoms with van der Waals surface area (Å²) in [5.74, 6) is 0.488. The van der Waals surface area contributed by atoms with Crippen molar-refractivity contribution in [3.63, 3.8) is 0 Å². The molecule has 0 unspecified atom stereocenters. The van der Waals surface area contributed by atoms with Crippen LogP contribution in [-0.2, 0) is 6.42 Å². The second kappa shape index (κ2) is 4.19. The van der Waals surface area contributed by atoms with E-state index in [0.29, 0.717) is 17.7 Å². The lowest BCUT2D eigenvalue weighted by Crippen LogP contribution is -2.34. The Labute approximate surface area is 90.2 Å². The number of nitrogens with two attached hydrogens (primary N) is 1. The Bertz CT molecular complexity index is 355. The Balaban J connectivity index is 3.08. The van der Waals surface area contributed by atoms with Crippen LogP contribution in [0.25, 0.3) is 0 Å². The number of hydrogen-bond acceptors (Lipinski definition) is 2. The monoisotopic (exact) mass is 211 g/mol. The van der Waals surface area contributed by atoms with Crippen LogP contribution in [0.2, 0.25) is 0 Å². The molecule has 15 heavy (non-hydrogen) atoms. The third-order valence-corrected chi connectivity index (χ3v) is 2.21. The molecule has 0 aliphatic heterocycles. The molecule has 0 heterocycles. The average Bonchev–Trinajstić information content (AvgIpc) is 2.07. The number of hydrogen-bond donors (Lipinski definition) is 1. The van der Waals surface area contributed by atoms with E-state index < -0.39 is 5.54 Å². The van der Waals surface area contributed by atoms with Crippen molar-refractivity contribution in [1.29, 1.82) is 0 Å². The van der Waals surface area contributed by atoms with Gasteiger partial charge in [0.15, 0.2) is 0 Å². The van der Waals surface area contributed by atoms with E-state index in [-0.39, 0.29) is 5.82 Å². The van der Waals surface area contributed by atoms with Gasteiger partial charge in [0.1, 0.15) is 11.6 Å². The van der Waals surface area contributed by atoms with Crippen molar-refractivity contribution in [2.24, 2.45) is 5.73 Å². The van der Waals surface area contributed by atoms with Crippen LogP contribution in [0.4, 0.5) is 4.39 Å². The fourth-order valence-corrected chi connectivity index (χ4v) is 1.54. The molecule has 0 amide bonds. The van der Waals surface area contributed by atoms with Gasteiger partial charge in [0.25, 0.3) is 0 Å². The first kappa shape index (κ1) is 12.0. The first-order valence-electron chi connectivity index (χ1n) is 4.95. The molecule has 0 bridgehead atoms. The van der Waals surface area contributed by atoms with Crippen LogP contribution < -0.4 is 10.5 Å². The van der Waals surface area contributed by atoms with Gasteiger partial charge in [-0.1, -0.05) is 0 Å². The van der Waals surface area contributed by atoms with E-state index in [1.165, 1.54) is 6.07 Å². The maximum Gasteiger partial charge on any atom is 0.127 e. The van der Waals surface area contributed by atoms with Crippen molar-refractivity contribution in [2.75, 3.05) is 7.11 Å². The summed E-state index contributed by atoms with van der Waals surface area (Å²) in [5.41, 5.74) is 6.84. The van der Waals surface area contributed by atoms with Crippen molar-refractivity contribution >= 4 is 0 Å². The van der Waals surface area contributed by atoms with Gasteiger partial charge in [0.2, 0.25) is 0 Å². The molecule has 84 valence electrons. The minimum atomic E-state index is -0.416. The van der Waals surface area contributed by atoms with Crippen LogP contribution in [0.5, 0.6) is 5.75 Å². The highest BCUT2D eigenvalue weighted by Gasteiger charge is 2.16. The van der Waals surface area contributed by atoms with E-state index >= 15 is 0 Å². The van der Waals surface area contributed by atoms with Crippen molar-refractivity contribution in [3.8, 4) is 5.75 Å². The largest absolute Gasteiger partial charge is 0.496 e. The highest BCUT2D eigenvalue weighted by molar-refractivity contribution is 5.38. The van der Waals surface area contributed by atoms with Gasteiger partial charge in [-0.3, -0.25) is 0 Å². The van der Waals surface area contributed by atoms with Gasteiger partial charge in [0, 0.05) is 5.54 Å². The number of aryl methyl sites for hydroxylation is 1. The molecule has 0 atom stereocenters. The number of methoxy groups -OCH3 is 1. The van der Waals surface area contributed by atoms with E-state index in [1.54, 1.807) is 13.2 Å². The summed E-state index contributed by atoms with van der Waals surface area (Å²) in [4.78, 5) is 0. The molecule has 2 N–H and O–H groups in total. The van der Waals surface area contributed by atoms with Crippen LogP contribution in [0, 0.1) is 12.7 Å². The molecule has 3 heteroatoms. The minimum Gasteiger partial charge on any atom is -0.496 e. The molecule has 0 saturated carbocycles. The SMILES string of the molecule is COc1cc(CC(C)(C)N)c(F)cc1C. The Morgan fingerprint density at radius 3 is 2.47 bits per heavy atom. The zero-order valence-corrected chi connectivity index (χ0v) is 9.73. The molecule has 0 aliphatic rings. The summed E-state index contributed by atoms with van der Waals surface area (Å²) in [6, 6.07) is 3.21. The molecular formula is C12H18FNO. The summed E-state index contributed by atoms with van der Waals surface area (Å²) in [6.07, 6.45) is 0.496. The normalized spacial score (nSPS) is 11.6. The topological polar surface area (TPSA) is 35.2 Å². The summed E-state index contributed by atoms with van der Waals surface area (Å²) >= 11 is 0. The van der Waals surface area contributed by atoms with E-state index in [4.69, 9.17) is 10.5 Å². The van der Waals surface area contributed by atoms with Gasteiger partial charge in [-0.25, -0.2) is 4.39 Å². The summed E-state index contributed by atoms with van der Waals surface area (Å²) in [6.45, 7) is 5.57. The van der Waals surface area contributed by atoms with Crippen molar-refractivity contribution < 1.29 is 9.13 Å². The third kappa shape index (κ3) is 3.20. The molecule has 2 nitrogen and oxygen atoms in total. The average molecular weight is 211 g/mol. The van der Waals surface area contributed by atoms with Gasteiger partial charge >= 0.3 is 0 Å². The smallest absolute Gasteiger partial charge is 0.127 e. The van der Waals surface area contributed by atoms with E-state index in [2.05, 4.69) is 0 Å². The molecule has 1 aromatic rings. The molecule has 0 fully saturated rings. The Morgan fingerprint density at radius 1 is 1.40 bits per heavy atom. The fourth-order valence-electron chi connectivity index (χ4n) is 1.54. The molecule has 0 spiro atoms. The van der Waals surface area contributed by atoms with Crippen LogP contribution in [0.1, 0.15) is 25.0 Å². The molecule has 1 rings (SSSR count). The van der Waals surface area contributed by atoms with Crippen LogP contribution in [-0.4, -0.2) is 12.6 Å². The fraction of sp³-hybridized carbons (Fsp3) is 0.500. The molecule has 0 saturated heterocycles. The third-order valence-electron chi connectivity index (χ3n) is 2.21. The predicted octanol–water partition coefficient (Wildman–Crippen LogP) is 2.42. The Hall–Kier alpha value is -1.09. The number of ether oxygens (including phenoxy) is 1.